The highest BCUT2D eigenvalue weighted by Gasteiger charge is 2.19. The molecule has 30 heavy (non-hydrogen) atoms. The predicted octanol–water partition coefficient (Wildman–Crippen LogP) is 5.35. The number of rotatable bonds is 6. The number of benzene rings is 3. The van der Waals surface area contributed by atoms with E-state index in [9.17, 15) is 8.42 Å². The first-order chi connectivity index (χ1) is 14.4. The molecule has 0 aliphatic rings. The van der Waals surface area contributed by atoms with Gasteiger partial charge < -0.3 is 5.32 Å². The molecule has 0 radical (unpaired) electrons. The Morgan fingerprint density at radius 1 is 0.733 bits per heavy atom. The molecule has 0 saturated carbocycles. The molecule has 0 saturated heterocycles. The highest BCUT2D eigenvalue weighted by Crippen LogP contribution is 2.25. The second-order valence-corrected chi connectivity index (χ2v) is 9.00. The van der Waals surface area contributed by atoms with Crippen molar-refractivity contribution in [2.24, 2.45) is 0 Å². The van der Waals surface area contributed by atoms with Crippen molar-refractivity contribution in [2.45, 2.75) is 11.4 Å². The van der Waals surface area contributed by atoms with Gasteiger partial charge in [0, 0.05) is 16.6 Å². The molecule has 0 unspecified atom stereocenters. The van der Waals surface area contributed by atoms with E-state index < -0.39 is 10.0 Å². The Hall–Kier alpha value is -2.87. The third-order valence-corrected chi connectivity index (χ3v) is 6.16. The van der Waals surface area contributed by atoms with Gasteiger partial charge in [0.25, 0.3) is 10.0 Å². The molecule has 9 heteroatoms. The molecule has 0 aliphatic carbocycles. The van der Waals surface area contributed by atoms with E-state index in [-0.39, 0.29) is 10.7 Å². The summed E-state index contributed by atoms with van der Waals surface area (Å²) in [6.07, 6.45) is 0. The summed E-state index contributed by atoms with van der Waals surface area (Å²) in [6.45, 7) is 0.417. The second kappa shape index (κ2) is 8.47. The Labute approximate surface area is 183 Å². The Morgan fingerprint density at radius 2 is 1.27 bits per heavy atom. The van der Waals surface area contributed by atoms with Crippen molar-refractivity contribution in [2.75, 3.05) is 10.0 Å². The first-order valence-electron chi connectivity index (χ1n) is 8.94. The third kappa shape index (κ3) is 4.64. The summed E-state index contributed by atoms with van der Waals surface area (Å²) in [5.74, 6) is 0.429. The van der Waals surface area contributed by atoms with Gasteiger partial charge in [-0.25, -0.2) is 18.4 Å². The van der Waals surface area contributed by atoms with Gasteiger partial charge >= 0.3 is 0 Å². The Morgan fingerprint density at radius 3 is 1.87 bits per heavy atom. The Balaban J connectivity index is 1.68. The number of nitrogens with zero attached hydrogens (tertiary/aromatic N) is 2. The van der Waals surface area contributed by atoms with Crippen molar-refractivity contribution < 1.29 is 8.42 Å². The van der Waals surface area contributed by atoms with E-state index in [4.69, 9.17) is 23.2 Å². The molecule has 0 aliphatic heterocycles. The van der Waals surface area contributed by atoms with Crippen LogP contribution in [0.2, 0.25) is 10.0 Å². The fourth-order valence-electron chi connectivity index (χ4n) is 2.78. The van der Waals surface area contributed by atoms with Crippen LogP contribution in [0.5, 0.6) is 0 Å². The van der Waals surface area contributed by atoms with Gasteiger partial charge in [0.15, 0.2) is 11.6 Å². The molecule has 0 fully saturated rings. The van der Waals surface area contributed by atoms with E-state index in [1.165, 1.54) is 24.3 Å². The molecule has 0 amide bonds. The minimum Gasteiger partial charge on any atom is -0.363 e. The maximum atomic E-state index is 12.8. The van der Waals surface area contributed by atoms with E-state index in [0.717, 1.165) is 5.56 Å². The molecule has 1 aromatic heterocycles. The summed E-state index contributed by atoms with van der Waals surface area (Å²) in [7, 11) is -3.88. The number of sulfonamides is 1. The van der Waals surface area contributed by atoms with Crippen LogP contribution in [0.15, 0.2) is 77.7 Å². The lowest BCUT2D eigenvalue weighted by atomic mass is 10.2. The quantitative estimate of drug-likeness (QED) is 0.406. The molecule has 3 aromatic carbocycles. The minimum absolute atomic E-state index is 0.0745. The van der Waals surface area contributed by atoms with Crippen molar-refractivity contribution in [3.05, 3.63) is 88.4 Å². The minimum atomic E-state index is -3.88. The van der Waals surface area contributed by atoms with E-state index in [0.29, 0.717) is 33.4 Å². The van der Waals surface area contributed by atoms with Crippen LogP contribution >= 0.6 is 23.2 Å². The Kier molecular flexibility index (Phi) is 5.76. The van der Waals surface area contributed by atoms with Gasteiger partial charge in [0.2, 0.25) is 0 Å². The lowest BCUT2D eigenvalue weighted by Crippen LogP contribution is -2.16. The molecular formula is C21H16Cl2N4O2S. The van der Waals surface area contributed by atoms with Crippen LogP contribution in [0.3, 0.4) is 0 Å². The van der Waals surface area contributed by atoms with Crippen LogP contribution in [-0.2, 0) is 16.6 Å². The van der Waals surface area contributed by atoms with Crippen LogP contribution in [-0.4, -0.2) is 18.4 Å². The van der Waals surface area contributed by atoms with E-state index in [2.05, 4.69) is 20.0 Å². The molecule has 1 heterocycles. The smallest absolute Gasteiger partial charge is 0.263 e. The summed E-state index contributed by atoms with van der Waals surface area (Å²) in [6, 6.07) is 20.5. The highest BCUT2D eigenvalue weighted by atomic mass is 35.5. The number of halogens is 2. The maximum Gasteiger partial charge on any atom is 0.263 e. The van der Waals surface area contributed by atoms with Gasteiger partial charge in [-0.05, 0) is 54.1 Å². The lowest BCUT2D eigenvalue weighted by Gasteiger charge is -2.14. The van der Waals surface area contributed by atoms with Crippen LogP contribution in [0.4, 0.5) is 11.6 Å². The van der Waals surface area contributed by atoms with Crippen molar-refractivity contribution in [1.29, 1.82) is 0 Å². The van der Waals surface area contributed by atoms with Gasteiger partial charge in [-0.1, -0.05) is 47.5 Å². The maximum absolute atomic E-state index is 12.8. The number of fused-ring (bicyclic) bond motifs is 1. The van der Waals surface area contributed by atoms with E-state index in [1.54, 1.807) is 18.2 Å². The van der Waals surface area contributed by atoms with Gasteiger partial charge in [-0.15, -0.1) is 0 Å². The molecule has 0 spiro atoms. The largest absolute Gasteiger partial charge is 0.363 e. The fraction of sp³-hybridized carbons (Fsp3) is 0.0476. The number of aromatic nitrogens is 2. The van der Waals surface area contributed by atoms with Crippen LogP contribution in [0.25, 0.3) is 11.0 Å². The summed E-state index contributed by atoms with van der Waals surface area (Å²) < 4.78 is 28.2. The molecule has 4 rings (SSSR count). The topological polar surface area (TPSA) is 84.0 Å². The standard InChI is InChI=1S/C21H16Cl2N4O2S/c22-15-7-5-14(6-8-15)13-24-20-21(26-19-4-2-1-3-18(19)25-20)27-30(28,29)17-11-9-16(23)10-12-17/h1-12H,13H2,(H,24,25)(H,26,27). The average Bonchev–Trinajstić information content (AvgIpc) is 2.73. The monoisotopic (exact) mass is 458 g/mol. The van der Waals surface area contributed by atoms with Crippen molar-refractivity contribution in [1.82, 2.24) is 9.97 Å². The van der Waals surface area contributed by atoms with Crippen LogP contribution < -0.4 is 10.0 Å². The first kappa shape index (κ1) is 20.4. The fourth-order valence-corrected chi connectivity index (χ4v) is 4.04. The molecule has 2 N–H and O–H groups in total. The SMILES string of the molecule is O=S(=O)(Nc1nc2ccccc2nc1NCc1ccc(Cl)cc1)c1ccc(Cl)cc1. The molecular weight excluding hydrogens is 443 g/mol. The summed E-state index contributed by atoms with van der Waals surface area (Å²) in [4.78, 5) is 9.09. The van der Waals surface area contributed by atoms with Gasteiger partial charge in [-0.2, -0.15) is 0 Å². The lowest BCUT2D eigenvalue weighted by molar-refractivity contribution is 0.601. The first-order valence-corrected chi connectivity index (χ1v) is 11.2. The normalized spacial score (nSPS) is 11.4. The zero-order valence-electron chi connectivity index (χ0n) is 15.5. The summed E-state index contributed by atoms with van der Waals surface area (Å²) >= 11 is 11.8. The van der Waals surface area contributed by atoms with E-state index >= 15 is 0 Å². The zero-order chi connectivity index (χ0) is 21.1. The molecule has 4 aromatic rings. The number of anilines is 2. The number of hydrogen-bond acceptors (Lipinski definition) is 5. The van der Waals surface area contributed by atoms with Crippen LogP contribution in [0, 0.1) is 0 Å². The van der Waals surface area contributed by atoms with Crippen molar-refractivity contribution >= 4 is 55.9 Å². The Bertz CT molecular complexity index is 1300. The molecule has 0 atom stereocenters. The summed E-state index contributed by atoms with van der Waals surface area (Å²) in [5, 5.41) is 4.25. The van der Waals surface area contributed by atoms with Gasteiger partial charge in [-0.3, -0.25) is 4.72 Å². The van der Waals surface area contributed by atoms with Crippen LogP contribution in [0.1, 0.15) is 5.56 Å². The summed E-state index contributed by atoms with van der Waals surface area (Å²) in [5.41, 5.74) is 2.18. The molecule has 0 bridgehead atoms. The van der Waals surface area contributed by atoms with Crippen molar-refractivity contribution in [3.63, 3.8) is 0 Å². The third-order valence-electron chi connectivity index (χ3n) is 4.30. The number of nitrogens with one attached hydrogen (secondary N) is 2. The average molecular weight is 459 g/mol. The van der Waals surface area contributed by atoms with Gasteiger partial charge in [0.05, 0.1) is 15.9 Å². The van der Waals surface area contributed by atoms with Crippen molar-refractivity contribution in [3.8, 4) is 0 Å². The molecule has 152 valence electrons. The van der Waals surface area contributed by atoms with E-state index in [1.807, 2.05) is 30.3 Å². The predicted molar refractivity (Wildman–Crippen MR) is 121 cm³/mol. The molecule has 6 nitrogen and oxygen atoms in total. The number of para-hydroxylation sites is 2. The second-order valence-electron chi connectivity index (χ2n) is 6.45. The zero-order valence-corrected chi connectivity index (χ0v) is 17.8. The number of hydrogen-bond donors (Lipinski definition) is 2. The highest BCUT2D eigenvalue weighted by molar-refractivity contribution is 7.92. The van der Waals surface area contributed by atoms with Gasteiger partial charge in [0.1, 0.15) is 0 Å².